The summed E-state index contributed by atoms with van der Waals surface area (Å²) in [6.45, 7) is 0. The molecule has 0 radical (unpaired) electrons. The van der Waals surface area contributed by atoms with Crippen molar-refractivity contribution in [3.8, 4) is 0 Å². The van der Waals surface area contributed by atoms with E-state index >= 15 is 4.39 Å². The van der Waals surface area contributed by atoms with Gasteiger partial charge in [0.05, 0.1) is 5.56 Å². The van der Waals surface area contributed by atoms with Gasteiger partial charge in [-0.1, -0.05) is 24.6 Å². The molecule has 0 saturated heterocycles. The molecular formula is C29H33F4N5O2S. The summed E-state index contributed by atoms with van der Waals surface area (Å²) in [4.78, 5) is 9.24. The maximum Gasteiger partial charge on any atom is 0.416 e. The largest absolute Gasteiger partial charge is 0.416 e. The highest BCUT2D eigenvalue weighted by Gasteiger charge is 2.36. The molecule has 2 aliphatic rings. The van der Waals surface area contributed by atoms with Gasteiger partial charge in [-0.05, 0) is 93.4 Å². The van der Waals surface area contributed by atoms with E-state index in [0.717, 1.165) is 30.9 Å². The summed E-state index contributed by atoms with van der Waals surface area (Å²) in [5, 5.41) is 3.51. The summed E-state index contributed by atoms with van der Waals surface area (Å²) in [5.74, 6) is -0.786. The van der Waals surface area contributed by atoms with Crippen molar-refractivity contribution in [1.29, 1.82) is 0 Å². The molecule has 0 spiro atoms. The maximum atomic E-state index is 15.4. The molecule has 1 heterocycles. The van der Waals surface area contributed by atoms with Crippen LogP contribution in [0.25, 0.3) is 0 Å². The fraction of sp³-hybridized carbons (Fsp3) is 0.448. The van der Waals surface area contributed by atoms with Gasteiger partial charge < -0.3 is 10.2 Å². The lowest BCUT2D eigenvalue weighted by Crippen LogP contribution is -2.47. The highest BCUT2D eigenvalue weighted by Crippen LogP contribution is 2.43. The van der Waals surface area contributed by atoms with E-state index in [4.69, 9.17) is 0 Å². The number of nitrogens with zero attached hydrogens (tertiary/aromatic N) is 3. The number of hydrogen-bond donors (Lipinski definition) is 2. The van der Waals surface area contributed by atoms with Crippen LogP contribution in [0.4, 0.5) is 29.1 Å². The molecule has 41 heavy (non-hydrogen) atoms. The van der Waals surface area contributed by atoms with Crippen molar-refractivity contribution in [2.24, 2.45) is 0 Å². The third kappa shape index (κ3) is 6.48. The predicted octanol–water partition coefficient (Wildman–Crippen LogP) is 6.38. The van der Waals surface area contributed by atoms with Gasteiger partial charge in [0.2, 0.25) is 0 Å². The monoisotopic (exact) mass is 591 g/mol. The fourth-order valence-electron chi connectivity index (χ4n) is 5.86. The number of sulfonamides is 1. The Morgan fingerprint density at radius 2 is 1.78 bits per heavy atom. The zero-order valence-corrected chi connectivity index (χ0v) is 23.6. The fourth-order valence-corrected chi connectivity index (χ4v) is 6.96. The molecule has 5 rings (SSSR count). The minimum Gasteiger partial charge on any atom is -0.380 e. The molecule has 0 aliphatic heterocycles. The van der Waals surface area contributed by atoms with Crippen LogP contribution in [0.2, 0.25) is 0 Å². The number of alkyl halides is 3. The average molecular weight is 592 g/mol. The number of aromatic nitrogens is 2. The molecule has 2 N–H and O–H groups in total. The third-order valence-corrected chi connectivity index (χ3v) is 9.64. The van der Waals surface area contributed by atoms with E-state index in [1.165, 1.54) is 42.9 Å². The summed E-state index contributed by atoms with van der Waals surface area (Å²) >= 11 is 0. The maximum absolute atomic E-state index is 15.4. The first-order chi connectivity index (χ1) is 19.4. The van der Waals surface area contributed by atoms with Crippen LogP contribution in [0.1, 0.15) is 67.1 Å². The third-order valence-electron chi connectivity index (χ3n) is 8.27. The molecule has 0 unspecified atom stereocenters. The summed E-state index contributed by atoms with van der Waals surface area (Å²) < 4.78 is 83.9. The number of anilines is 2. The Balaban J connectivity index is 1.40. The summed E-state index contributed by atoms with van der Waals surface area (Å²) in [6.07, 6.45) is 2.89. The van der Waals surface area contributed by atoms with Crippen molar-refractivity contribution in [2.75, 3.05) is 24.1 Å². The van der Waals surface area contributed by atoms with Crippen LogP contribution in [0.15, 0.2) is 59.9 Å². The number of benzene rings is 2. The first kappa shape index (κ1) is 29.2. The SMILES string of the molecule is CN(C)[C@H]1C[C@@H](c2cccc(C(F)(F)F)c2)CC[C@@H]1Nc1cc(F)c(S(=O)(=O)Nc2ccncn2)cc1C1CCC1. The zero-order chi connectivity index (χ0) is 29.4. The van der Waals surface area contributed by atoms with Crippen molar-refractivity contribution in [2.45, 2.75) is 73.5 Å². The molecule has 0 bridgehead atoms. The molecule has 1 aromatic heterocycles. The second-order valence-electron chi connectivity index (χ2n) is 11.1. The lowest BCUT2D eigenvalue weighted by atomic mass is 9.77. The van der Waals surface area contributed by atoms with E-state index in [-0.39, 0.29) is 29.7 Å². The Morgan fingerprint density at radius 3 is 2.41 bits per heavy atom. The van der Waals surface area contributed by atoms with E-state index in [1.807, 2.05) is 19.0 Å². The van der Waals surface area contributed by atoms with Gasteiger partial charge in [0.25, 0.3) is 10.0 Å². The first-order valence-electron chi connectivity index (χ1n) is 13.6. The van der Waals surface area contributed by atoms with E-state index in [2.05, 4.69) is 20.0 Å². The van der Waals surface area contributed by atoms with Gasteiger partial charge in [-0.2, -0.15) is 13.2 Å². The number of rotatable bonds is 8. The van der Waals surface area contributed by atoms with Crippen LogP contribution in [0, 0.1) is 5.82 Å². The molecule has 12 heteroatoms. The lowest BCUT2D eigenvalue weighted by molar-refractivity contribution is -0.137. The Morgan fingerprint density at radius 1 is 1.00 bits per heavy atom. The van der Waals surface area contributed by atoms with Crippen LogP contribution < -0.4 is 10.0 Å². The van der Waals surface area contributed by atoms with E-state index in [9.17, 15) is 21.6 Å². The van der Waals surface area contributed by atoms with Gasteiger partial charge >= 0.3 is 6.18 Å². The standard InChI is InChI=1S/C29H33F4N5O2S/c1-38(2)26-14-20(19-7-4-8-21(13-19)29(31,32)33)9-10-24(26)36-25-16-23(30)27(15-22(25)18-5-3-6-18)41(39,40)37-28-11-12-34-17-35-28/h4,7-8,11-13,15-18,20,24,26,36H,3,5-6,9-10,14H2,1-2H3,(H,34,35,37)/t20-,24-,26-/m0/s1. The van der Waals surface area contributed by atoms with Gasteiger partial charge in [0, 0.05) is 24.0 Å². The van der Waals surface area contributed by atoms with Gasteiger partial charge in [0.15, 0.2) is 0 Å². The molecule has 220 valence electrons. The van der Waals surface area contributed by atoms with Gasteiger partial charge in [0.1, 0.15) is 22.9 Å². The molecule has 2 saturated carbocycles. The van der Waals surface area contributed by atoms with Crippen LogP contribution in [0.3, 0.4) is 0 Å². The summed E-state index contributed by atoms with van der Waals surface area (Å²) in [5.41, 5.74) is 1.32. The van der Waals surface area contributed by atoms with Crippen molar-refractivity contribution >= 4 is 21.5 Å². The Hall–Kier alpha value is -3.25. The van der Waals surface area contributed by atoms with Crippen molar-refractivity contribution in [3.63, 3.8) is 0 Å². The van der Waals surface area contributed by atoms with E-state index < -0.39 is 32.5 Å². The van der Waals surface area contributed by atoms with Gasteiger partial charge in [-0.25, -0.2) is 22.8 Å². The first-order valence-corrected chi connectivity index (χ1v) is 15.1. The smallest absolute Gasteiger partial charge is 0.380 e. The molecule has 3 atom stereocenters. The van der Waals surface area contributed by atoms with Crippen molar-refractivity contribution < 1.29 is 26.0 Å². The predicted molar refractivity (Wildman–Crippen MR) is 149 cm³/mol. The van der Waals surface area contributed by atoms with Crippen LogP contribution in [-0.4, -0.2) is 49.5 Å². The Kier molecular flexibility index (Phi) is 8.24. The molecule has 3 aromatic rings. The minimum atomic E-state index is -4.40. The molecule has 2 fully saturated rings. The summed E-state index contributed by atoms with van der Waals surface area (Å²) in [7, 11) is -0.389. The second kappa shape index (κ2) is 11.6. The Bertz CT molecular complexity index is 1480. The van der Waals surface area contributed by atoms with Gasteiger partial charge in [-0.3, -0.25) is 4.72 Å². The number of hydrogen-bond acceptors (Lipinski definition) is 6. The number of nitrogens with one attached hydrogen (secondary N) is 2. The highest BCUT2D eigenvalue weighted by atomic mass is 32.2. The van der Waals surface area contributed by atoms with Gasteiger partial charge in [-0.15, -0.1) is 0 Å². The topological polar surface area (TPSA) is 87.2 Å². The average Bonchev–Trinajstić information content (AvgIpc) is 2.89. The lowest BCUT2D eigenvalue weighted by Gasteiger charge is -2.41. The molecular weight excluding hydrogens is 558 g/mol. The van der Waals surface area contributed by atoms with E-state index in [0.29, 0.717) is 30.5 Å². The zero-order valence-electron chi connectivity index (χ0n) is 22.8. The molecule has 2 aliphatic carbocycles. The number of halogens is 4. The number of likely N-dealkylation sites (N-methyl/N-ethyl adjacent to an activating group) is 1. The van der Waals surface area contributed by atoms with E-state index in [1.54, 1.807) is 6.07 Å². The van der Waals surface area contributed by atoms with Crippen LogP contribution in [-0.2, 0) is 16.2 Å². The Labute approximate surface area is 237 Å². The normalized spacial score (nSPS) is 21.9. The molecule has 2 aromatic carbocycles. The second-order valence-corrected chi connectivity index (χ2v) is 12.8. The van der Waals surface area contributed by atoms with Crippen molar-refractivity contribution in [1.82, 2.24) is 14.9 Å². The molecule has 7 nitrogen and oxygen atoms in total. The van der Waals surface area contributed by atoms with Crippen molar-refractivity contribution in [3.05, 3.63) is 77.5 Å². The minimum absolute atomic E-state index is 0.0385. The quantitative estimate of drug-likeness (QED) is 0.296. The van der Waals surface area contributed by atoms with Crippen LogP contribution in [0.5, 0.6) is 0 Å². The highest BCUT2D eigenvalue weighted by molar-refractivity contribution is 7.92. The van der Waals surface area contributed by atoms with Crippen LogP contribution >= 0.6 is 0 Å². The molecule has 0 amide bonds. The summed E-state index contributed by atoms with van der Waals surface area (Å²) in [6, 6.07) is 9.45.